The molecule has 0 radical (unpaired) electrons. The van der Waals surface area contributed by atoms with Gasteiger partial charge in [-0.3, -0.25) is 14.4 Å². The summed E-state index contributed by atoms with van der Waals surface area (Å²) in [5, 5.41) is 0. The van der Waals surface area contributed by atoms with E-state index in [0.29, 0.717) is 19.3 Å². The van der Waals surface area contributed by atoms with Crippen LogP contribution in [0.3, 0.4) is 0 Å². The summed E-state index contributed by atoms with van der Waals surface area (Å²) in [6, 6.07) is 0. The third-order valence-electron chi connectivity index (χ3n) is 9.63. The van der Waals surface area contributed by atoms with Gasteiger partial charge in [-0.2, -0.15) is 0 Å². The van der Waals surface area contributed by atoms with Crippen molar-refractivity contribution in [2.24, 2.45) is 0 Å². The second kappa shape index (κ2) is 43.1. The van der Waals surface area contributed by atoms with Crippen LogP contribution in [0.5, 0.6) is 0 Å². The van der Waals surface area contributed by atoms with E-state index in [1.54, 1.807) is 0 Å². The fourth-order valence-electron chi connectivity index (χ4n) is 6.19. The van der Waals surface area contributed by atoms with Gasteiger partial charge in [0.05, 0.1) is 0 Å². The molecule has 0 aromatic rings. The van der Waals surface area contributed by atoms with E-state index in [4.69, 9.17) is 14.2 Å². The predicted molar refractivity (Wildman–Crippen MR) is 229 cm³/mol. The lowest BCUT2D eigenvalue weighted by atomic mass is 10.0. The van der Waals surface area contributed by atoms with Crippen molar-refractivity contribution in [2.75, 3.05) is 13.2 Å². The van der Waals surface area contributed by atoms with Crippen molar-refractivity contribution in [1.82, 2.24) is 0 Å². The zero-order chi connectivity index (χ0) is 39.4. The van der Waals surface area contributed by atoms with Crippen molar-refractivity contribution >= 4 is 17.9 Å². The molecule has 0 saturated carbocycles. The van der Waals surface area contributed by atoms with Crippen LogP contribution in [0.25, 0.3) is 0 Å². The fraction of sp³-hybridized carbons (Fsp3) is 0.771. The third-order valence-corrected chi connectivity index (χ3v) is 9.63. The maximum atomic E-state index is 12.7. The molecule has 312 valence electrons. The third kappa shape index (κ3) is 40.6. The zero-order valence-corrected chi connectivity index (χ0v) is 35.5. The van der Waals surface area contributed by atoms with Gasteiger partial charge in [-0.25, -0.2) is 0 Å². The van der Waals surface area contributed by atoms with Crippen LogP contribution >= 0.6 is 0 Å². The second-order valence-corrected chi connectivity index (χ2v) is 15.0. The molecule has 0 bridgehead atoms. The molecule has 0 spiro atoms. The first kappa shape index (κ1) is 51.4. The molecule has 0 amide bonds. The zero-order valence-electron chi connectivity index (χ0n) is 35.5. The fourth-order valence-corrected chi connectivity index (χ4v) is 6.19. The van der Waals surface area contributed by atoms with E-state index >= 15 is 0 Å². The van der Waals surface area contributed by atoms with Gasteiger partial charge in [-0.1, -0.05) is 191 Å². The highest BCUT2D eigenvalue weighted by Gasteiger charge is 2.19. The molecule has 0 aromatic heterocycles. The van der Waals surface area contributed by atoms with Gasteiger partial charge in [0.2, 0.25) is 0 Å². The SMILES string of the molecule is CC\C=C/C=C\C=C/CCCCCCCC(=O)OCC(COC(=O)CCCCCCC/C=C\CCCC)OC(=O)CCCCCCCCCCCCCC. The van der Waals surface area contributed by atoms with Crippen LogP contribution in [0.4, 0.5) is 0 Å². The van der Waals surface area contributed by atoms with Gasteiger partial charge in [0.25, 0.3) is 0 Å². The minimum absolute atomic E-state index is 0.0830. The number of esters is 3. The smallest absolute Gasteiger partial charge is 0.306 e. The normalized spacial score (nSPS) is 12.4. The summed E-state index contributed by atoms with van der Waals surface area (Å²) in [4.78, 5) is 37.7. The molecule has 0 aromatic carbocycles. The summed E-state index contributed by atoms with van der Waals surface area (Å²) in [7, 11) is 0. The molecule has 0 aliphatic heterocycles. The first-order valence-electron chi connectivity index (χ1n) is 22.7. The first-order valence-corrected chi connectivity index (χ1v) is 22.7. The molecule has 6 nitrogen and oxygen atoms in total. The van der Waals surface area contributed by atoms with Gasteiger partial charge in [-0.05, 0) is 57.8 Å². The Morgan fingerprint density at radius 2 is 0.759 bits per heavy atom. The van der Waals surface area contributed by atoms with Gasteiger partial charge < -0.3 is 14.2 Å². The summed E-state index contributed by atoms with van der Waals surface area (Å²) in [5.41, 5.74) is 0. The average molecular weight is 757 g/mol. The lowest BCUT2D eigenvalue weighted by molar-refractivity contribution is -0.167. The van der Waals surface area contributed by atoms with E-state index in [9.17, 15) is 14.4 Å². The molecule has 1 atom stereocenters. The highest BCUT2D eigenvalue weighted by atomic mass is 16.6. The Balaban J connectivity index is 4.41. The van der Waals surface area contributed by atoms with Crippen LogP contribution < -0.4 is 0 Å². The van der Waals surface area contributed by atoms with Crippen molar-refractivity contribution in [3.8, 4) is 0 Å². The molecule has 6 heteroatoms. The summed E-state index contributed by atoms with van der Waals surface area (Å²) in [6.45, 7) is 6.43. The molecule has 0 aliphatic rings. The van der Waals surface area contributed by atoms with E-state index in [2.05, 4.69) is 69.4 Å². The van der Waals surface area contributed by atoms with Crippen molar-refractivity contribution in [3.05, 3.63) is 48.6 Å². The van der Waals surface area contributed by atoms with E-state index < -0.39 is 6.10 Å². The van der Waals surface area contributed by atoms with Crippen molar-refractivity contribution in [1.29, 1.82) is 0 Å². The summed E-state index contributed by atoms with van der Waals surface area (Å²) in [6.07, 6.45) is 49.5. The number of hydrogen-bond acceptors (Lipinski definition) is 6. The van der Waals surface area contributed by atoms with E-state index in [1.165, 1.54) is 89.9 Å². The Morgan fingerprint density at radius 1 is 0.389 bits per heavy atom. The Bertz CT molecular complexity index is 964. The molecule has 0 aliphatic carbocycles. The highest BCUT2D eigenvalue weighted by Crippen LogP contribution is 2.14. The Morgan fingerprint density at radius 3 is 1.22 bits per heavy atom. The molecule has 0 heterocycles. The molecular formula is C48H84O6. The lowest BCUT2D eigenvalue weighted by Gasteiger charge is -2.18. The van der Waals surface area contributed by atoms with E-state index in [-0.39, 0.29) is 31.1 Å². The van der Waals surface area contributed by atoms with E-state index in [0.717, 1.165) is 89.9 Å². The van der Waals surface area contributed by atoms with Crippen LogP contribution in [0.1, 0.15) is 220 Å². The molecule has 1 unspecified atom stereocenters. The Kier molecular flexibility index (Phi) is 41.0. The van der Waals surface area contributed by atoms with Crippen LogP contribution in [-0.2, 0) is 28.6 Å². The van der Waals surface area contributed by atoms with Crippen molar-refractivity contribution < 1.29 is 28.6 Å². The monoisotopic (exact) mass is 757 g/mol. The van der Waals surface area contributed by atoms with Crippen LogP contribution in [0.2, 0.25) is 0 Å². The van der Waals surface area contributed by atoms with Gasteiger partial charge >= 0.3 is 17.9 Å². The van der Waals surface area contributed by atoms with Gasteiger partial charge in [0.15, 0.2) is 6.10 Å². The standard InChI is InChI=1S/C48H84O6/c1-4-7-10-13-16-19-22-24-27-29-32-35-38-41-47(50)53-44-45(43-52-46(49)40-37-34-31-28-25-21-18-15-12-9-6-3)54-48(51)42-39-36-33-30-26-23-20-17-14-11-8-5-2/h7,10,13,15-16,18-19,22,45H,4-6,8-9,11-12,14,17,20-21,23-44H2,1-3H3/b10-7-,16-13-,18-15-,22-19-. The van der Waals surface area contributed by atoms with Crippen LogP contribution in [0.15, 0.2) is 48.6 Å². The second-order valence-electron chi connectivity index (χ2n) is 15.0. The van der Waals surface area contributed by atoms with Crippen molar-refractivity contribution in [3.63, 3.8) is 0 Å². The Hall–Kier alpha value is -2.63. The summed E-state index contributed by atoms with van der Waals surface area (Å²) in [5.74, 6) is -0.913. The van der Waals surface area contributed by atoms with Gasteiger partial charge in [-0.15, -0.1) is 0 Å². The molecule has 0 fully saturated rings. The lowest BCUT2D eigenvalue weighted by Crippen LogP contribution is -2.30. The van der Waals surface area contributed by atoms with Crippen LogP contribution in [0, 0.1) is 0 Å². The number of allylic oxidation sites excluding steroid dienone is 8. The van der Waals surface area contributed by atoms with Gasteiger partial charge in [0.1, 0.15) is 13.2 Å². The number of carbonyl (C=O) groups excluding carboxylic acids is 3. The largest absolute Gasteiger partial charge is 0.462 e. The molecule has 0 rings (SSSR count). The molecule has 0 N–H and O–H groups in total. The Labute approximate surface area is 333 Å². The number of carbonyl (C=O) groups is 3. The number of unbranched alkanes of at least 4 members (excludes halogenated alkanes) is 23. The molecule has 54 heavy (non-hydrogen) atoms. The average Bonchev–Trinajstić information content (AvgIpc) is 3.17. The maximum Gasteiger partial charge on any atom is 0.306 e. The van der Waals surface area contributed by atoms with Gasteiger partial charge in [0, 0.05) is 19.3 Å². The van der Waals surface area contributed by atoms with Crippen molar-refractivity contribution in [2.45, 2.75) is 226 Å². The van der Waals surface area contributed by atoms with E-state index in [1.807, 2.05) is 0 Å². The summed E-state index contributed by atoms with van der Waals surface area (Å²) < 4.78 is 16.7. The quantitative estimate of drug-likeness (QED) is 0.0204. The summed E-state index contributed by atoms with van der Waals surface area (Å²) >= 11 is 0. The topological polar surface area (TPSA) is 78.9 Å². The number of rotatable bonds is 40. The minimum atomic E-state index is -0.779. The minimum Gasteiger partial charge on any atom is -0.462 e. The number of ether oxygens (including phenoxy) is 3. The molecule has 0 saturated heterocycles. The highest BCUT2D eigenvalue weighted by molar-refractivity contribution is 5.71. The predicted octanol–water partition coefficient (Wildman–Crippen LogP) is 14.4. The van der Waals surface area contributed by atoms with Crippen LogP contribution in [-0.4, -0.2) is 37.2 Å². The maximum absolute atomic E-state index is 12.7. The molecular weight excluding hydrogens is 673 g/mol. The first-order chi connectivity index (χ1) is 26.5. The number of hydrogen-bond donors (Lipinski definition) is 0.